The van der Waals surface area contributed by atoms with Gasteiger partial charge in [0.05, 0.1) is 22.5 Å². The lowest BCUT2D eigenvalue weighted by molar-refractivity contribution is 0.674. The Balaban J connectivity index is 1.26. The molecule has 4 heteroatoms. The molecule has 2 heterocycles. The minimum absolute atomic E-state index is 0.461. The Morgan fingerprint density at radius 1 is 0.644 bits per heavy atom. The van der Waals surface area contributed by atoms with Crippen LogP contribution in [0.15, 0.2) is 180 Å². The van der Waals surface area contributed by atoms with Crippen LogP contribution in [0.3, 0.4) is 0 Å². The third kappa shape index (κ3) is 6.12. The first-order valence-electron chi connectivity index (χ1n) is 21.0. The van der Waals surface area contributed by atoms with Gasteiger partial charge in [-0.2, -0.15) is 0 Å². The van der Waals surface area contributed by atoms with Crippen molar-refractivity contribution in [1.82, 2.24) is 0 Å². The second kappa shape index (κ2) is 15.2. The van der Waals surface area contributed by atoms with Crippen molar-refractivity contribution in [3.63, 3.8) is 0 Å². The summed E-state index contributed by atoms with van der Waals surface area (Å²) < 4.78 is 0. The van der Waals surface area contributed by atoms with Gasteiger partial charge in [0.1, 0.15) is 0 Å². The molecule has 0 fully saturated rings. The van der Waals surface area contributed by atoms with E-state index < -0.39 is 5.41 Å². The molecule has 0 spiro atoms. The molecule has 0 aromatic heterocycles. The smallest absolute Gasteiger partial charge is 0.0705 e. The molecule has 10 rings (SSSR count). The van der Waals surface area contributed by atoms with Crippen molar-refractivity contribution >= 4 is 50.7 Å². The van der Waals surface area contributed by atoms with E-state index >= 15 is 0 Å². The van der Waals surface area contributed by atoms with Gasteiger partial charge in [0.15, 0.2) is 0 Å². The average molecular weight is 784 g/mol. The number of fused-ring (bicyclic) bond motifs is 3. The van der Waals surface area contributed by atoms with Gasteiger partial charge in [0, 0.05) is 50.6 Å². The van der Waals surface area contributed by atoms with Crippen molar-refractivity contribution in [1.29, 1.82) is 0 Å². The number of nitrogens with zero attached hydrogens (tertiary/aromatic N) is 1. The maximum Gasteiger partial charge on any atom is 0.0705 e. The minimum atomic E-state index is -0.461. The zero-order valence-electron chi connectivity index (χ0n) is 34.3. The third-order valence-electron chi connectivity index (χ3n) is 12.7. The fraction of sp³-hybridized carbons (Fsp3) is 0.164. The number of rotatable bonds is 7. The van der Waals surface area contributed by atoms with Crippen molar-refractivity contribution in [2.24, 2.45) is 0 Å². The van der Waals surface area contributed by atoms with Gasteiger partial charge in [-0.1, -0.05) is 151 Å². The maximum absolute atomic E-state index is 4.06. The molecular weight excluding hydrogens is 735 g/mol. The van der Waals surface area contributed by atoms with Crippen LogP contribution in [0.1, 0.15) is 71.6 Å². The van der Waals surface area contributed by atoms with E-state index in [1.165, 1.54) is 93.8 Å². The standard InChI is InChI=1S/C55H49N3S/c1-36-33-46(44-27-18-29-48-52(44)57-49-30-17-16-28-47(49)55(48,40-22-10-6-11-23-40)41-24-12-7-13-25-41)54-51(34-36)58(38(3)53(59-54)43-26-15-14-19-37(43)2)50-32-31-42(56-4)35-45(50)39-20-8-5-9-21-39/h5-8,10-12,14-20,22-24,26-35,56-57H,9,13,21,25H2,1-4H3. The van der Waals surface area contributed by atoms with Gasteiger partial charge in [-0.25, -0.2) is 0 Å². The molecule has 0 bridgehead atoms. The summed E-state index contributed by atoms with van der Waals surface area (Å²) in [5.74, 6) is 0. The molecular formula is C55H49N3S. The number of thioether (sulfide) groups is 1. The van der Waals surface area contributed by atoms with Crippen LogP contribution >= 0.6 is 11.8 Å². The SMILES string of the molecule is CNc1ccc(N2C(C)=C(c3ccccc3C)Sc3c(-c4cccc5c4Nc4ccccc4C5(C4=CC=CCC4)c4ccccc4)cc(C)cc32)c(C2=CC=CCC2)c1. The molecule has 2 N–H and O–H groups in total. The van der Waals surface area contributed by atoms with Gasteiger partial charge in [-0.05, 0) is 116 Å². The number of aryl methyl sites for hydroxylation is 2. The molecule has 3 nitrogen and oxygen atoms in total. The van der Waals surface area contributed by atoms with Crippen molar-refractivity contribution in [3.8, 4) is 11.1 Å². The number of hydrogen-bond donors (Lipinski definition) is 2. The highest BCUT2D eigenvalue weighted by Crippen LogP contribution is 2.60. The molecule has 290 valence electrons. The largest absolute Gasteiger partial charge is 0.388 e. The molecule has 1 atom stereocenters. The number of para-hydroxylation sites is 2. The average Bonchev–Trinajstić information content (AvgIpc) is 3.29. The first-order valence-corrected chi connectivity index (χ1v) is 21.8. The lowest BCUT2D eigenvalue weighted by Crippen LogP contribution is -2.36. The molecule has 4 aliphatic rings. The Kier molecular flexibility index (Phi) is 9.53. The molecule has 1 unspecified atom stereocenters. The lowest BCUT2D eigenvalue weighted by atomic mass is 9.60. The van der Waals surface area contributed by atoms with Crippen LogP contribution in [0, 0.1) is 13.8 Å². The van der Waals surface area contributed by atoms with Crippen LogP contribution in [0.25, 0.3) is 21.6 Å². The second-order valence-corrected chi connectivity index (χ2v) is 17.2. The van der Waals surface area contributed by atoms with E-state index in [9.17, 15) is 0 Å². The Morgan fingerprint density at radius 3 is 2.17 bits per heavy atom. The third-order valence-corrected chi connectivity index (χ3v) is 14.0. The number of anilines is 5. The fourth-order valence-electron chi connectivity index (χ4n) is 9.91. The summed E-state index contributed by atoms with van der Waals surface area (Å²) in [6.07, 6.45) is 17.8. The summed E-state index contributed by atoms with van der Waals surface area (Å²) in [6, 6.07) is 47.8. The summed E-state index contributed by atoms with van der Waals surface area (Å²) in [5.41, 5.74) is 20.8. The highest BCUT2D eigenvalue weighted by Gasteiger charge is 2.46. The normalized spacial score (nSPS) is 18.0. The van der Waals surface area contributed by atoms with Crippen LogP contribution < -0.4 is 15.5 Å². The quantitative estimate of drug-likeness (QED) is 0.169. The summed E-state index contributed by atoms with van der Waals surface area (Å²) in [7, 11) is 2.01. The van der Waals surface area contributed by atoms with E-state index in [1.54, 1.807) is 0 Å². The molecule has 6 aromatic rings. The predicted octanol–water partition coefficient (Wildman–Crippen LogP) is 15.0. The van der Waals surface area contributed by atoms with E-state index in [1.807, 2.05) is 18.8 Å². The Hall–Kier alpha value is -6.23. The van der Waals surface area contributed by atoms with Crippen molar-refractivity contribution in [2.45, 2.75) is 56.8 Å². The second-order valence-electron chi connectivity index (χ2n) is 16.1. The Morgan fingerprint density at radius 2 is 1.39 bits per heavy atom. The first-order chi connectivity index (χ1) is 29.0. The van der Waals surface area contributed by atoms with Crippen molar-refractivity contribution in [3.05, 3.63) is 214 Å². The van der Waals surface area contributed by atoms with Crippen LogP contribution in [0.4, 0.5) is 28.4 Å². The number of nitrogens with one attached hydrogen (secondary N) is 2. The predicted molar refractivity (Wildman–Crippen MR) is 253 cm³/mol. The highest BCUT2D eigenvalue weighted by atomic mass is 32.2. The Bertz CT molecular complexity index is 2800. The van der Waals surface area contributed by atoms with E-state index in [0.29, 0.717) is 0 Å². The van der Waals surface area contributed by atoms with Crippen LogP contribution in [-0.2, 0) is 5.41 Å². The number of benzene rings is 6. The highest BCUT2D eigenvalue weighted by molar-refractivity contribution is 8.08. The molecule has 2 aliphatic heterocycles. The fourth-order valence-corrected chi connectivity index (χ4v) is 11.2. The van der Waals surface area contributed by atoms with Gasteiger partial charge in [0.2, 0.25) is 0 Å². The van der Waals surface area contributed by atoms with Crippen molar-refractivity contribution < 1.29 is 0 Å². The van der Waals surface area contributed by atoms with E-state index in [4.69, 9.17) is 0 Å². The molecule has 0 amide bonds. The zero-order valence-corrected chi connectivity index (χ0v) is 35.1. The summed E-state index contributed by atoms with van der Waals surface area (Å²) in [5, 5.41) is 7.50. The topological polar surface area (TPSA) is 27.3 Å². The van der Waals surface area contributed by atoms with Gasteiger partial charge < -0.3 is 15.5 Å². The van der Waals surface area contributed by atoms with Gasteiger partial charge in [-0.15, -0.1) is 0 Å². The van der Waals surface area contributed by atoms with E-state index in [-0.39, 0.29) is 0 Å². The van der Waals surface area contributed by atoms with Crippen LogP contribution in [0.2, 0.25) is 0 Å². The number of hydrogen-bond acceptors (Lipinski definition) is 4. The summed E-state index contributed by atoms with van der Waals surface area (Å²) in [4.78, 5) is 5.10. The maximum atomic E-state index is 4.06. The van der Waals surface area contributed by atoms with E-state index in [0.717, 1.165) is 37.1 Å². The van der Waals surface area contributed by atoms with Gasteiger partial charge >= 0.3 is 0 Å². The van der Waals surface area contributed by atoms with Crippen molar-refractivity contribution in [2.75, 3.05) is 22.6 Å². The first kappa shape index (κ1) is 37.1. The number of allylic oxidation sites excluding steroid dienone is 9. The molecule has 0 saturated heterocycles. The molecule has 0 saturated carbocycles. The monoisotopic (exact) mass is 783 g/mol. The summed E-state index contributed by atoms with van der Waals surface area (Å²) in [6.45, 7) is 6.81. The molecule has 59 heavy (non-hydrogen) atoms. The van der Waals surface area contributed by atoms with E-state index in [2.05, 4.69) is 200 Å². The molecule has 0 radical (unpaired) electrons. The minimum Gasteiger partial charge on any atom is -0.388 e. The zero-order chi connectivity index (χ0) is 40.1. The van der Waals surface area contributed by atoms with Gasteiger partial charge in [0.25, 0.3) is 0 Å². The lowest BCUT2D eigenvalue weighted by Gasteiger charge is -2.45. The Labute approximate surface area is 353 Å². The van der Waals surface area contributed by atoms with Gasteiger partial charge in [-0.3, -0.25) is 0 Å². The molecule has 6 aromatic carbocycles. The van der Waals surface area contributed by atoms with Crippen LogP contribution in [-0.4, -0.2) is 7.05 Å². The molecule has 2 aliphatic carbocycles. The van der Waals surface area contributed by atoms with Crippen LogP contribution in [0.5, 0.6) is 0 Å². The summed E-state index contributed by atoms with van der Waals surface area (Å²) >= 11 is 1.92.